The van der Waals surface area contributed by atoms with Gasteiger partial charge in [0.15, 0.2) is 23.5 Å². The van der Waals surface area contributed by atoms with Gasteiger partial charge in [0, 0.05) is 7.05 Å². The molecule has 3 rings (SSSR count). The van der Waals surface area contributed by atoms with Crippen LogP contribution in [-0.4, -0.2) is 124 Å². The zero-order chi connectivity index (χ0) is 24.4. The van der Waals surface area contributed by atoms with E-state index in [0.29, 0.717) is 0 Å². The maximum absolute atomic E-state index is 12.1. The van der Waals surface area contributed by atoms with Gasteiger partial charge < -0.3 is 46.2 Å². The number of aliphatic hydroxyl groups excluding tert-OH is 7. The zero-order valence-corrected chi connectivity index (χ0v) is 17.5. The van der Waals surface area contributed by atoms with E-state index in [2.05, 4.69) is 20.4 Å². The Hall–Kier alpha value is -2.54. The number of aliphatic hydroxyl groups is 7. The topological polar surface area (TPSA) is 253 Å². The molecule has 0 amide bonds. The molecule has 0 aliphatic carbocycles. The molecule has 1 aliphatic heterocycles. The number of fused-ring (bicyclic) bond motifs is 1. The predicted octanol–water partition coefficient (Wildman–Crippen LogP) is -5.40. The summed E-state index contributed by atoms with van der Waals surface area (Å²) in [4.78, 5) is 24.5. The Kier molecular flexibility index (Phi) is 7.73. The summed E-state index contributed by atoms with van der Waals surface area (Å²) in [5, 5.41) is 68.4. The number of nitrogens with zero attached hydrogens (tertiary/aromatic N) is 5. The van der Waals surface area contributed by atoms with Crippen molar-refractivity contribution in [3.63, 3.8) is 0 Å². The monoisotopic (exact) mass is 473 g/mol. The van der Waals surface area contributed by atoms with E-state index in [-0.39, 0.29) is 22.9 Å². The number of hydrazine groups is 1. The lowest BCUT2D eigenvalue weighted by Gasteiger charge is -2.23. The molecular weight excluding hydrogens is 446 g/mol. The van der Waals surface area contributed by atoms with Crippen LogP contribution in [0.5, 0.6) is 0 Å². The van der Waals surface area contributed by atoms with Crippen molar-refractivity contribution in [3.8, 4) is 0 Å². The van der Waals surface area contributed by atoms with Crippen molar-refractivity contribution < 1.29 is 45.3 Å². The van der Waals surface area contributed by atoms with Crippen LogP contribution >= 0.6 is 0 Å². The molecule has 0 radical (unpaired) electrons. The van der Waals surface area contributed by atoms with Crippen molar-refractivity contribution in [1.29, 1.82) is 0 Å². The van der Waals surface area contributed by atoms with Gasteiger partial charge in [-0.25, -0.2) is 10.4 Å². The van der Waals surface area contributed by atoms with Crippen LogP contribution in [0, 0.1) is 0 Å². The van der Waals surface area contributed by atoms with E-state index in [1.54, 1.807) is 0 Å². The fourth-order valence-electron chi connectivity index (χ4n) is 3.25. The van der Waals surface area contributed by atoms with E-state index < -0.39 is 68.4 Å². The summed E-state index contributed by atoms with van der Waals surface area (Å²) in [7, 11) is 1.44. The normalized spacial score (nSPS) is 25.8. The van der Waals surface area contributed by atoms with Gasteiger partial charge in [0.1, 0.15) is 42.1 Å². The van der Waals surface area contributed by atoms with E-state index in [0.717, 1.165) is 0 Å². The average Bonchev–Trinajstić information content (AvgIpc) is 3.36. The first kappa shape index (κ1) is 25.1. The molecule has 0 aromatic carbocycles. The quantitative estimate of drug-likeness (QED) is 0.146. The summed E-state index contributed by atoms with van der Waals surface area (Å²) < 4.78 is 6.81. The summed E-state index contributed by atoms with van der Waals surface area (Å²) in [6.45, 7) is -1.85. The lowest BCUT2D eigenvalue weighted by Crippen LogP contribution is -2.49. The largest absolute Gasteiger partial charge is 0.394 e. The average molecular weight is 473 g/mol. The third kappa shape index (κ3) is 4.88. The number of hydrogen-bond acceptors (Lipinski definition) is 15. The Labute approximate surface area is 186 Å². The molecular formula is C17H27N7O9. The third-order valence-corrected chi connectivity index (χ3v) is 5.25. The number of imidazole rings is 1. The molecule has 0 saturated carbocycles. The van der Waals surface area contributed by atoms with Gasteiger partial charge in [-0.1, -0.05) is 0 Å². The molecule has 16 heteroatoms. The Morgan fingerprint density at radius 3 is 2.58 bits per heavy atom. The number of nitrogens with one attached hydrogen (secondary N) is 1. The van der Waals surface area contributed by atoms with Crippen LogP contribution < -0.4 is 16.2 Å². The lowest BCUT2D eigenvalue weighted by molar-refractivity contribution is -0.139. The molecule has 0 spiro atoms. The fraction of sp³-hybridized carbons (Fsp3) is 0.647. The van der Waals surface area contributed by atoms with Gasteiger partial charge in [0.05, 0.1) is 26.1 Å². The van der Waals surface area contributed by atoms with Gasteiger partial charge in [0.2, 0.25) is 5.95 Å². The van der Waals surface area contributed by atoms with Gasteiger partial charge in [-0.15, -0.1) is 0 Å². The standard InChI is InChI=1S/C17H27N7O9/c1-23(20-2-6(27)10(29)11(30)7(28)3-25)17-21-14(18)9-15(22-17)24(5-19-9)16-13(32)12(31)8(4-26)33-16/h5,7-8,10-13,16,20,25-26,28-32H,2-4H2,1H3,(H2,18,21,22). The SMILES string of the molecule is CN(NCC(=O)C(O)C(O)C(O)CO)c1nc(N)c2ncn(C3OC(CO)C(O)C3O)c2n1. The summed E-state index contributed by atoms with van der Waals surface area (Å²) in [5.41, 5.74) is 8.86. The molecule has 2 aromatic rings. The first-order chi connectivity index (χ1) is 15.6. The molecule has 2 aromatic heterocycles. The van der Waals surface area contributed by atoms with E-state index in [9.17, 15) is 35.4 Å². The molecule has 7 atom stereocenters. The van der Waals surface area contributed by atoms with Crippen LogP contribution in [0.15, 0.2) is 6.33 Å². The van der Waals surface area contributed by atoms with Crippen molar-refractivity contribution in [2.75, 3.05) is 37.5 Å². The third-order valence-electron chi connectivity index (χ3n) is 5.25. The molecule has 1 fully saturated rings. The van der Waals surface area contributed by atoms with Gasteiger partial charge >= 0.3 is 0 Å². The smallest absolute Gasteiger partial charge is 0.243 e. The highest BCUT2D eigenvalue weighted by atomic mass is 16.6. The minimum absolute atomic E-state index is 0.0354. The number of hydrogen-bond donors (Lipinski definition) is 9. The number of nitrogen functional groups attached to an aromatic ring is 1. The highest BCUT2D eigenvalue weighted by Crippen LogP contribution is 2.32. The maximum atomic E-state index is 12.1. The van der Waals surface area contributed by atoms with Crippen LogP contribution in [-0.2, 0) is 9.53 Å². The number of Topliss-reactive ketones (excluding diaryl/α,β-unsaturated/α-hetero) is 1. The minimum Gasteiger partial charge on any atom is -0.394 e. The molecule has 33 heavy (non-hydrogen) atoms. The Bertz CT molecular complexity index is 976. The molecule has 16 nitrogen and oxygen atoms in total. The molecule has 10 N–H and O–H groups in total. The van der Waals surface area contributed by atoms with Crippen molar-refractivity contribution in [2.24, 2.45) is 0 Å². The number of aromatic nitrogens is 4. The maximum Gasteiger partial charge on any atom is 0.243 e. The van der Waals surface area contributed by atoms with Gasteiger partial charge in [0.25, 0.3) is 0 Å². The number of carbonyl (C=O) groups is 1. The van der Waals surface area contributed by atoms with Crippen LogP contribution in [0.4, 0.5) is 11.8 Å². The van der Waals surface area contributed by atoms with E-state index in [1.807, 2.05) is 0 Å². The number of anilines is 2. The Morgan fingerprint density at radius 1 is 1.27 bits per heavy atom. The molecule has 0 bridgehead atoms. The van der Waals surface area contributed by atoms with Crippen molar-refractivity contribution in [2.45, 2.75) is 42.9 Å². The van der Waals surface area contributed by atoms with Gasteiger partial charge in [-0.2, -0.15) is 9.97 Å². The second-order valence-corrected chi connectivity index (χ2v) is 7.51. The summed E-state index contributed by atoms with van der Waals surface area (Å²) in [6.07, 6.45) is -9.07. The van der Waals surface area contributed by atoms with E-state index >= 15 is 0 Å². The molecule has 7 unspecified atom stereocenters. The Balaban J connectivity index is 1.77. The number of nitrogens with two attached hydrogens (primary N) is 1. The highest BCUT2D eigenvalue weighted by molar-refractivity contribution is 5.86. The van der Waals surface area contributed by atoms with E-state index in [4.69, 9.17) is 15.6 Å². The first-order valence-corrected chi connectivity index (χ1v) is 9.88. The van der Waals surface area contributed by atoms with Crippen molar-refractivity contribution in [1.82, 2.24) is 24.9 Å². The number of ether oxygens (including phenoxy) is 1. The number of carbonyl (C=O) groups excluding carboxylic acids is 1. The summed E-state index contributed by atoms with van der Waals surface area (Å²) in [5.74, 6) is -0.957. The zero-order valence-electron chi connectivity index (χ0n) is 17.5. The lowest BCUT2D eigenvalue weighted by atomic mass is 10.1. The van der Waals surface area contributed by atoms with Crippen LogP contribution in [0.25, 0.3) is 11.2 Å². The first-order valence-electron chi connectivity index (χ1n) is 9.88. The molecule has 1 aliphatic rings. The molecule has 184 valence electrons. The van der Waals surface area contributed by atoms with Crippen LogP contribution in [0.1, 0.15) is 6.23 Å². The van der Waals surface area contributed by atoms with Gasteiger partial charge in [-0.05, 0) is 0 Å². The van der Waals surface area contributed by atoms with Crippen molar-refractivity contribution >= 4 is 28.7 Å². The second kappa shape index (κ2) is 10.2. The number of ketones is 1. The highest BCUT2D eigenvalue weighted by Gasteiger charge is 2.44. The summed E-state index contributed by atoms with van der Waals surface area (Å²) >= 11 is 0. The van der Waals surface area contributed by atoms with Crippen molar-refractivity contribution in [3.05, 3.63) is 6.33 Å². The Morgan fingerprint density at radius 2 is 1.97 bits per heavy atom. The van der Waals surface area contributed by atoms with Gasteiger partial charge in [-0.3, -0.25) is 14.4 Å². The van der Waals surface area contributed by atoms with Crippen LogP contribution in [0.3, 0.4) is 0 Å². The summed E-state index contributed by atoms with van der Waals surface area (Å²) in [6, 6.07) is 0. The molecule has 3 heterocycles. The number of rotatable bonds is 10. The fourth-order valence-corrected chi connectivity index (χ4v) is 3.25. The van der Waals surface area contributed by atoms with E-state index in [1.165, 1.54) is 23.0 Å². The van der Waals surface area contributed by atoms with Crippen LogP contribution in [0.2, 0.25) is 0 Å². The second-order valence-electron chi connectivity index (χ2n) is 7.51. The molecule has 1 saturated heterocycles. The predicted molar refractivity (Wildman–Crippen MR) is 109 cm³/mol. The minimum atomic E-state index is -1.95.